The van der Waals surface area contributed by atoms with Crippen LogP contribution in [0.3, 0.4) is 0 Å². The molecule has 11 rings (SSSR count). The molecule has 11 aromatic rings. The fraction of sp³-hybridized carbons (Fsp3) is 0. The van der Waals surface area contributed by atoms with E-state index in [4.69, 9.17) is 0 Å². The van der Waals surface area contributed by atoms with E-state index in [-0.39, 0.29) is 14.5 Å². The first-order chi connectivity index (χ1) is 25.8. The first kappa shape index (κ1) is 29.8. The van der Waals surface area contributed by atoms with E-state index >= 15 is 0 Å². The molecule has 0 radical (unpaired) electrons. The number of benzene rings is 8. The van der Waals surface area contributed by atoms with Crippen molar-refractivity contribution in [2.75, 3.05) is 4.90 Å². The van der Waals surface area contributed by atoms with Crippen LogP contribution in [0.4, 0.5) is 17.1 Å². The Morgan fingerprint density at radius 3 is 1.98 bits per heavy atom. The first-order valence-electron chi connectivity index (χ1n) is 17.6. The average Bonchev–Trinajstić information content (AvgIpc) is 3.88. The zero-order chi connectivity index (χ0) is 34.2. The SMILES string of the molecule is c1ccc(-n2c3ccccc3c3cc(-c4ccc(N(c5ccc6c(c5)[se]c5ccccc56)c5cccc6sc7ccccc7c56)cc4)ccc32)cc1. The summed E-state index contributed by atoms with van der Waals surface area (Å²) in [6.45, 7) is 0. The molecular weight excluding hydrogens is 716 g/mol. The molecule has 0 N–H and O–H groups in total. The third-order valence-electron chi connectivity index (χ3n) is 10.4. The Balaban J connectivity index is 1.07. The van der Waals surface area contributed by atoms with E-state index in [1.807, 2.05) is 11.3 Å². The van der Waals surface area contributed by atoms with E-state index in [1.165, 1.54) is 89.5 Å². The van der Waals surface area contributed by atoms with Crippen LogP contribution in [-0.2, 0) is 0 Å². The van der Waals surface area contributed by atoms with Gasteiger partial charge < -0.3 is 4.57 Å². The van der Waals surface area contributed by atoms with E-state index < -0.39 is 0 Å². The zero-order valence-corrected chi connectivity index (χ0v) is 30.6. The van der Waals surface area contributed by atoms with Crippen molar-refractivity contribution >= 4 is 104 Å². The number of hydrogen-bond acceptors (Lipinski definition) is 2. The van der Waals surface area contributed by atoms with Gasteiger partial charge in [0, 0.05) is 5.69 Å². The predicted octanol–water partition coefficient (Wildman–Crippen LogP) is 13.7. The number of nitrogens with zero attached hydrogens (tertiary/aromatic N) is 2. The van der Waals surface area contributed by atoms with Crippen molar-refractivity contribution in [3.63, 3.8) is 0 Å². The summed E-state index contributed by atoms with van der Waals surface area (Å²) in [5.74, 6) is 0. The summed E-state index contributed by atoms with van der Waals surface area (Å²) < 4.78 is 7.91. The van der Waals surface area contributed by atoms with Crippen LogP contribution < -0.4 is 4.90 Å². The van der Waals surface area contributed by atoms with Gasteiger partial charge in [0.1, 0.15) is 0 Å². The second kappa shape index (κ2) is 11.8. The first-order valence-corrected chi connectivity index (χ1v) is 20.1. The van der Waals surface area contributed by atoms with Crippen LogP contribution in [0.25, 0.3) is 78.1 Å². The van der Waals surface area contributed by atoms with Gasteiger partial charge in [0.2, 0.25) is 0 Å². The van der Waals surface area contributed by atoms with Crippen LogP contribution in [0, 0.1) is 0 Å². The molecular formula is C48H30N2SSe. The minimum absolute atomic E-state index is 0.279. The smallest absolute Gasteiger partial charge is 0.0602 e. The summed E-state index contributed by atoms with van der Waals surface area (Å²) in [4.78, 5) is 2.47. The quantitative estimate of drug-likeness (QED) is 0.159. The molecule has 0 spiro atoms. The van der Waals surface area contributed by atoms with Crippen LogP contribution in [0.2, 0.25) is 0 Å². The summed E-state index contributed by atoms with van der Waals surface area (Å²) in [5.41, 5.74) is 9.59. The van der Waals surface area contributed by atoms with E-state index in [0.29, 0.717) is 0 Å². The average molecular weight is 746 g/mol. The molecule has 8 aromatic carbocycles. The van der Waals surface area contributed by atoms with E-state index in [1.54, 1.807) is 0 Å². The number of hydrogen-bond donors (Lipinski definition) is 0. The molecule has 0 aliphatic carbocycles. The van der Waals surface area contributed by atoms with Crippen LogP contribution in [0.1, 0.15) is 0 Å². The molecule has 52 heavy (non-hydrogen) atoms. The summed E-state index contributed by atoms with van der Waals surface area (Å²) in [6.07, 6.45) is 0. The fourth-order valence-electron chi connectivity index (χ4n) is 8.03. The summed E-state index contributed by atoms with van der Waals surface area (Å²) >= 11 is 2.15. The Kier molecular flexibility index (Phi) is 6.78. The van der Waals surface area contributed by atoms with E-state index in [0.717, 1.165) is 5.69 Å². The van der Waals surface area contributed by atoms with E-state index in [9.17, 15) is 0 Å². The molecule has 2 nitrogen and oxygen atoms in total. The molecule has 0 bridgehead atoms. The molecule has 4 heteroatoms. The number of anilines is 3. The van der Waals surface area contributed by atoms with Gasteiger partial charge in [-0.3, -0.25) is 0 Å². The molecule has 0 fully saturated rings. The van der Waals surface area contributed by atoms with Crippen molar-refractivity contribution in [3.05, 3.63) is 182 Å². The van der Waals surface area contributed by atoms with Gasteiger partial charge in [-0.05, 0) is 18.2 Å². The Bertz CT molecular complexity index is 3130. The summed E-state index contributed by atoms with van der Waals surface area (Å²) in [6, 6.07) is 67.1. The minimum Gasteiger partial charge on any atom is -0.0602 e. The molecule has 0 aliphatic heterocycles. The number of aromatic nitrogens is 1. The van der Waals surface area contributed by atoms with Gasteiger partial charge in [-0.1, -0.05) is 36.4 Å². The maximum atomic E-state index is 2.47. The van der Waals surface area contributed by atoms with Crippen LogP contribution in [0.5, 0.6) is 0 Å². The van der Waals surface area contributed by atoms with Gasteiger partial charge in [0.05, 0.1) is 5.52 Å². The number of fused-ring (bicyclic) bond motifs is 9. The molecule has 244 valence electrons. The molecule has 0 amide bonds. The second-order valence-electron chi connectivity index (χ2n) is 13.3. The molecule has 0 atom stereocenters. The molecule has 3 aromatic heterocycles. The van der Waals surface area contributed by atoms with Gasteiger partial charge in [0.25, 0.3) is 0 Å². The Hall–Kier alpha value is -5.90. The Labute approximate surface area is 310 Å². The zero-order valence-electron chi connectivity index (χ0n) is 28.0. The Morgan fingerprint density at radius 2 is 1.10 bits per heavy atom. The van der Waals surface area contributed by atoms with Crippen molar-refractivity contribution in [1.29, 1.82) is 0 Å². The predicted molar refractivity (Wildman–Crippen MR) is 226 cm³/mol. The van der Waals surface area contributed by atoms with Gasteiger partial charge in [-0.25, -0.2) is 0 Å². The van der Waals surface area contributed by atoms with Gasteiger partial charge in [0.15, 0.2) is 0 Å². The summed E-state index contributed by atoms with van der Waals surface area (Å²) in [7, 11) is 0. The van der Waals surface area contributed by atoms with Crippen molar-refractivity contribution in [2.24, 2.45) is 0 Å². The van der Waals surface area contributed by atoms with Crippen molar-refractivity contribution in [3.8, 4) is 16.8 Å². The fourth-order valence-corrected chi connectivity index (χ4v) is 11.6. The monoisotopic (exact) mass is 746 g/mol. The van der Waals surface area contributed by atoms with E-state index in [2.05, 4.69) is 191 Å². The maximum absolute atomic E-state index is 2.47. The third-order valence-corrected chi connectivity index (χ3v) is 13.9. The molecule has 0 saturated heterocycles. The molecule has 0 unspecified atom stereocenters. The summed E-state index contributed by atoms with van der Waals surface area (Å²) in [5, 5.41) is 7.90. The third kappa shape index (κ3) is 4.62. The van der Waals surface area contributed by atoms with Crippen LogP contribution in [0.15, 0.2) is 182 Å². The number of thiophene rings is 1. The van der Waals surface area contributed by atoms with Crippen molar-refractivity contribution < 1.29 is 0 Å². The normalized spacial score (nSPS) is 11.8. The molecule has 0 aliphatic rings. The second-order valence-corrected chi connectivity index (χ2v) is 16.7. The van der Waals surface area contributed by atoms with Crippen LogP contribution in [-0.4, -0.2) is 19.1 Å². The minimum atomic E-state index is 0.279. The number of para-hydroxylation sites is 2. The molecule has 3 heterocycles. The van der Waals surface area contributed by atoms with Crippen LogP contribution >= 0.6 is 11.3 Å². The van der Waals surface area contributed by atoms with Gasteiger partial charge in [-0.15, -0.1) is 0 Å². The topological polar surface area (TPSA) is 8.17 Å². The standard InChI is InChI=1S/C48H30N2SSe/c1-2-11-33(12-3-1)50-41-16-7-4-13-36(41)40-29-32(23-28-42(40)50)31-21-24-34(25-22-31)49(35-26-27-38-37-14-6-9-20-46(37)52-47(38)30-35)43-17-10-19-45-48(43)39-15-5-8-18-44(39)51-45/h1-30H. The van der Waals surface area contributed by atoms with Gasteiger partial charge >= 0.3 is 242 Å². The van der Waals surface area contributed by atoms with Crippen molar-refractivity contribution in [2.45, 2.75) is 0 Å². The number of rotatable bonds is 5. The Morgan fingerprint density at radius 1 is 0.423 bits per heavy atom. The van der Waals surface area contributed by atoms with Gasteiger partial charge in [-0.2, -0.15) is 0 Å². The molecule has 0 saturated carbocycles. The van der Waals surface area contributed by atoms with Crippen molar-refractivity contribution in [1.82, 2.24) is 4.57 Å².